The first-order valence-electron chi connectivity index (χ1n) is 7.25. The number of aryl methyl sites for hydroxylation is 1. The van der Waals surface area contributed by atoms with Gasteiger partial charge in [0, 0.05) is 0 Å². The number of rotatable bonds is 7. The van der Waals surface area contributed by atoms with Crippen molar-refractivity contribution in [2.75, 3.05) is 0 Å². The minimum absolute atomic E-state index is 0.134. The number of allylic oxidation sites excluding steroid dienone is 1. The minimum Gasteiger partial charge on any atom is -0.478 e. The molecule has 0 radical (unpaired) electrons. The molecule has 0 amide bonds. The molecule has 0 aliphatic heterocycles. The first-order valence-corrected chi connectivity index (χ1v) is 7.25. The first kappa shape index (κ1) is 26.0. The van der Waals surface area contributed by atoms with Crippen LogP contribution in [0.4, 0.5) is 48.3 Å². The third kappa shape index (κ3) is 4.36. The van der Waals surface area contributed by atoms with Gasteiger partial charge in [0.2, 0.25) is 5.83 Å². The molecule has 174 valence electrons. The second-order valence-electron chi connectivity index (χ2n) is 5.68. The molecule has 0 aromatic heterocycles. The number of halogens is 11. The third-order valence-electron chi connectivity index (χ3n) is 3.57. The van der Waals surface area contributed by atoms with Gasteiger partial charge in [-0.25, -0.2) is 9.59 Å². The van der Waals surface area contributed by atoms with Gasteiger partial charge in [0.15, 0.2) is 0 Å². The average molecular weight is 476 g/mol. The summed E-state index contributed by atoms with van der Waals surface area (Å²) in [4.78, 5) is 21.9. The van der Waals surface area contributed by atoms with E-state index in [2.05, 4.69) is 4.74 Å². The SMILES string of the molecule is Cc1cc(C(=O)O)c(C(=O)O)cc1OC(F)=C(F)C(F)(F)C(F)(F)C(F)(F)C(F)(F)F. The van der Waals surface area contributed by atoms with E-state index in [0.29, 0.717) is 6.07 Å². The Morgan fingerprint density at radius 1 is 0.806 bits per heavy atom. The van der Waals surface area contributed by atoms with E-state index in [9.17, 15) is 57.9 Å². The van der Waals surface area contributed by atoms with E-state index in [0.717, 1.165) is 6.92 Å². The Morgan fingerprint density at radius 3 is 1.61 bits per heavy atom. The summed E-state index contributed by atoms with van der Waals surface area (Å²) in [5.41, 5.74) is -2.73. The molecule has 5 nitrogen and oxygen atoms in total. The van der Waals surface area contributed by atoms with E-state index in [1.165, 1.54) is 0 Å². The molecular weight excluding hydrogens is 469 g/mol. The van der Waals surface area contributed by atoms with Crippen LogP contribution in [-0.2, 0) is 0 Å². The van der Waals surface area contributed by atoms with Gasteiger partial charge < -0.3 is 14.9 Å². The maximum Gasteiger partial charge on any atom is 0.460 e. The maximum absolute atomic E-state index is 13.6. The Balaban J connectivity index is 3.53. The normalized spacial score (nSPS) is 14.2. The molecule has 31 heavy (non-hydrogen) atoms. The van der Waals surface area contributed by atoms with Gasteiger partial charge >= 0.3 is 41.9 Å². The topological polar surface area (TPSA) is 83.8 Å². The van der Waals surface area contributed by atoms with Crippen LogP contribution in [0.15, 0.2) is 24.0 Å². The summed E-state index contributed by atoms with van der Waals surface area (Å²) >= 11 is 0. The van der Waals surface area contributed by atoms with Gasteiger partial charge in [-0.05, 0) is 24.6 Å². The number of hydrogen-bond acceptors (Lipinski definition) is 3. The number of carbonyl (C=O) groups is 2. The molecular formula is C15H7F11O5. The lowest BCUT2D eigenvalue weighted by Gasteiger charge is -2.32. The Bertz CT molecular complexity index is 934. The first-order chi connectivity index (χ1) is 13.7. The number of carboxylic acids is 2. The van der Waals surface area contributed by atoms with Gasteiger partial charge in [0.05, 0.1) is 11.1 Å². The molecule has 1 rings (SSSR count). The van der Waals surface area contributed by atoms with E-state index in [4.69, 9.17) is 10.2 Å². The molecule has 0 atom stereocenters. The van der Waals surface area contributed by atoms with Crippen molar-refractivity contribution in [2.45, 2.75) is 30.9 Å². The van der Waals surface area contributed by atoms with E-state index in [1.807, 2.05) is 0 Å². The summed E-state index contributed by atoms with van der Waals surface area (Å²) < 4.78 is 146. The second kappa shape index (κ2) is 7.88. The van der Waals surface area contributed by atoms with Crippen LogP contribution < -0.4 is 4.74 Å². The van der Waals surface area contributed by atoms with E-state index >= 15 is 0 Å². The molecule has 2 N–H and O–H groups in total. The van der Waals surface area contributed by atoms with Crippen molar-refractivity contribution in [3.05, 3.63) is 40.7 Å². The molecule has 0 unspecified atom stereocenters. The largest absolute Gasteiger partial charge is 0.478 e. The molecule has 1 aromatic carbocycles. The average Bonchev–Trinajstić information content (AvgIpc) is 2.60. The van der Waals surface area contributed by atoms with Crippen molar-refractivity contribution in [1.29, 1.82) is 0 Å². The number of ether oxygens (including phenoxy) is 1. The van der Waals surface area contributed by atoms with Crippen molar-refractivity contribution >= 4 is 11.9 Å². The Kier molecular flexibility index (Phi) is 6.60. The molecule has 0 aliphatic rings. The van der Waals surface area contributed by atoms with Crippen LogP contribution in [0.3, 0.4) is 0 Å². The summed E-state index contributed by atoms with van der Waals surface area (Å²) in [6.07, 6.45) is -7.28. The van der Waals surface area contributed by atoms with E-state index < -0.39 is 70.2 Å². The molecule has 16 heteroatoms. The lowest BCUT2D eigenvalue weighted by molar-refractivity contribution is -0.392. The van der Waals surface area contributed by atoms with Crippen molar-refractivity contribution in [3.63, 3.8) is 0 Å². The number of alkyl halides is 9. The third-order valence-corrected chi connectivity index (χ3v) is 3.57. The van der Waals surface area contributed by atoms with Crippen LogP contribution in [-0.4, -0.2) is 46.1 Å². The van der Waals surface area contributed by atoms with Gasteiger partial charge in [-0.15, -0.1) is 0 Å². The highest BCUT2D eigenvalue weighted by molar-refractivity contribution is 6.02. The van der Waals surface area contributed by atoms with Crippen molar-refractivity contribution < 1.29 is 72.8 Å². The zero-order valence-corrected chi connectivity index (χ0v) is 14.4. The van der Waals surface area contributed by atoms with Crippen LogP contribution in [0.5, 0.6) is 5.75 Å². The van der Waals surface area contributed by atoms with Crippen molar-refractivity contribution in [2.24, 2.45) is 0 Å². The van der Waals surface area contributed by atoms with Gasteiger partial charge in [0.1, 0.15) is 5.75 Å². The van der Waals surface area contributed by atoms with E-state index in [1.54, 1.807) is 0 Å². The molecule has 0 saturated heterocycles. The van der Waals surface area contributed by atoms with Crippen LogP contribution in [0.25, 0.3) is 0 Å². The summed E-state index contributed by atoms with van der Waals surface area (Å²) in [5.74, 6) is -31.4. The standard InChI is InChI=1S/C15H7F11O5/c1-4-2-5(10(27)28)6(11(29)30)3-7(4)31-9(17)8(16)12(18,19)13(20,21)14(22,23)15(24,25)26/h2-3H,1H3,(H,27,28)(H,29,30). The fourth-order valence-electron chi connectivity index (χ4n) is 1.93. The molecule has 0 aliphatic carbocycles. The molecule has 0 saturated carbocycles. The highest BCUT2D eigenvalue weighted by Crippen LogP contribution is 2.55. The summed E-state index contributed by atoms with van der Waals surface area (Å²) in [6.45, 7) is 0.823. The van der Waals surface area contributed by atoms with Gasteiger partial charge in [-0.1, -0.05) is 0 Å². The highest BCUT2D eigenvalue weighted by Gasteiger charge is 2.83. The van der Waals surface area contributed by atoms with Crippen molar-refractivity contribution in [1.82, 2.24) is 0 Å². The Labute approximate surface area is 163 Å². The van der Waals surface area contributed by atoms with Crippen LogP contribution in [0, 0.1) is 6.92 Å². The van der Waals surface area contributed by atoms with Gasteiger partial charge in [-0.3, -0.25) is 0 Å². The molecule has 0 heterocycles. The summed E-state index contributed by atoms with van der Waals surface area (Å²) in [5, 5.41) is 17.7. The zero-order chi connectivity index (χ0) is 24.7. The number of carboxylic acid groups (broad SMARTS) is 2. The quantitative estimate of drug-likeness (QED) is 0.410. The van der Waals surface area contributed by atoms with Crippen LogP contribution in [0.2, 0.25) is 0 Å². The Hall–Kier alpha value is -3.07. The lowest BCUT2D eigenvalue weighted by Crippen LogP contribution is -2.61. The fraction of sp³-hybridized carbons (Fsp3) is 0.333. The predicted molar refractivity (Wildman–Crippen MR) is 75.9 cm³/mol. The molecule has 1 aromatic rings. The minimum atomic E-state index is -7.52. The van der Waals surface area contributed by atoms with Gasteiger partial charge in [-0.2, -0.15) is 48.3 Å². The number of benzene rings is 1. The van der Waals surface area contributed by atoms with E-state index in [-0.39, 0.29) is 6.07 Å². The summed E-state index contributed by atoms with van der Waals surface area (Å²) in [7, 11) is 0. The molecule has 0 bridgehead atoms. The van der Waals surface area contributed by atoms with Crippen LogP contribution in [0.1, 0.15) is 26.3 Å². The Morgan fingerprint density at radius 2 is 1.23 bits per heavy atom. The number of hydrogen-bond donors (Lipinski definition) is 2. The monoisotopic (exact) mass is 476 g/mol. The van der Waals surface area contributed by atoms with Gasteiger partial charge in [0.25, 0.3) is 0 Å². The fourth-order valence-corrected chi connectivity index (χ4v) is 1.93. The summed E-state index contributed by atoms with van der Waals surface area (Å²) in [6, 6.07) is -2.82. The molecule has 0 spiro atoms. The predicted octanol–water partition coefficient (Wildman–Crippen LogP) is 5.35. The number of aromatic carboxylic acids is 2. The smallest absolute Gasteiger partial charge is 0.460 e. The van der Waals surface area contributed by atoms with Crippen molar-refractivity contribution in [3.8, 4) is 5.75 Å². The zero-order valence-electron chi connectivity index (χ0n) is 14.4. The highest BCUT2D eigenvalue weighted by atomic mass is 19.4. The maximum atomic E-state index is 13.6. The lowest BCUT2D eigenvalue weighted by atomic mass is 10.0. The molecule has 0 fully saturated rings. The second-order valence-corrected chi connectivity index (χ2v) is 5.68. The van der Waals surface area contributed by atoms with Crippen LogP contribution >= 0.6 is 0 Å².